The molecule has 0 aliphatic heterocycles. The highest BCUT2D eigenvalue weighted by molar-refractivity contribution is 5.71. The van der Waals surface area contributed by atoms with E-state index in [4.69, 9.17) is 5.73 Å². The van der Waals surface area contributed by atoms with Crippen molar-refractivity contribution < 1.29 is 4.79 Å². The van der Waals surface area contributed by atoms with Crippen LogP contribution >= 0.6 is 0 Å². The maximum atomic E-state index is 10.4. The summed E-state index contributed by atoms with van der Waals surface area (Å²) in [6.07, 6.45) is 0. The van der Waals surface area contributed by atoms with Crippen molar-refractivity contribution >= 4 is 6.03 Å². The van der Waals surface area contributed by atoms with Crippen LogP contribution in [0.2, 0.25) is 0 Å². The van der Waals surface area contributed by atoms with Gasteiger partial charge in [0.1, 0.15) is 0 Å². The van der Waals surface area contributed by atoms with Gasteiger partial charge >= 0.3 is 6.03 Å². The largest absolute Gasteiger partial charge is 0.352 e. The van der Waals surface area contributed by atoms with Crippen molar-refractivity contribution in [1.29, 1.82) is 0 Å². The van der Waals surface area contributed by atoms with Gasteiger partial charge in [-0.1, -0.05) is 30.3 Å². The zero-order valence-electron chi connectivity index (χ0n) is 8.86. The van der Waals surface area contributed by atoms with Crippen molar-refractivity contribution in [3.63, 3.8) is 0 Å². The van der Waals surface area contributed by atoms with E-state index < -0.39 is 6.03 Å². The minimum Gasteiger partial charge on any atom is -0.352 e. The molecule has 0 spiro atoms. The highest BCUT2D eigenvalue weighted by Crippen LogP contribution is 2.09. The topological polar surface area (TPSA) is 67.2 Å². The zero-order chi connectivity index (χ0) is 11.1. The Labute approximate surface area is 89.9 Å². The molecule has 1 aromatic carbocycles. The van der Waals surface area contributed by atoms with Crippen molar-refractivity contribution in [3.05, 3.63) is 35.9 Å². The number of rotatable bonds is 5. The highest BCUT2D eigenvalue weighted by Gasteiger charge is 2.02. The van der Waals surface area contributed by atoms with Gasteiger partial charge in [0.25, 0.3) is 0 Å². The molecule has 0 bridgehead atoms. The van der Waals surface area contributed by atoms with E-state index in [0.29, 0.717) is 13.1 Å². The Kier molecular flexibility index (Phi) is 4.63. The van der Waals surface area contributed by atoms with Crippen LogP contribution in [0.15, 0.2) is 30.3 Å². The van der Waals surface area contributed by atoms with Gasteiger partial charge in [-0.3, -0.25) is 0 Å². The summed E-state index contributed by atoms with van der Waals surface area (Å²) in [5, 5.41) is 5.81. The SMILES string of the molecule is CC(NCCNC(N)=O)c1ccccc1. The third-order valence-corrected chi connectivity index (χ3v) is 2.17. The van der Waals surface area contributed by atoms with Crippen LogP contribution in [0, 0.1) is 0 Å². The predicted octanol–water partition coefficient (Wildman–Crippen LogP) is 1.01. The molecule has 4 N–H and O–H groups in total. The normalized spacial score (nSPS) is 12.1. The fraction of sp³-hybridized carbons (Fsp3) is 0.364. The van der Waals surface area contributed by atoms with Crippen molar-refractivity contribution in [2.24, 2.45) is 5.73 Å². The smallest absolute Gasteiger partial charge is 0.312 e. The Hall–Kier alpha value is -1.55. The summed E-state index contributed by atoms with van der Waals surface area (Å²) in [4.78, 5) is 10.4. The van der Waals surface area contributed by atoms with E-state index in [9.17, 15) is 4.79 Å². The summed E-state index contributed by atoms with van der Waals surface area (Å²) < 4.78 is 0. The Morgan fingerprint density at radius 3 is 2.60 bits per heavy atom. The van der Waals surface area contributed by atoms with E-state index in [-0.39, 0.29) is 6.04 Å². The first kappa shape index (κ1) is 11.5. The third-order valence-electron chi connectivity index (χ3n) is 2.17. The van der Waals surface area contributed by atoms with Crippen LogP contribution in [-0.4, -0.2) is 19.1 Å². The fourth-order valence-corrected chi connectivity index (χ4v) is 1.33. The molecule has 0 saturated heterocycles. The number of hydrogen-bond acceptors (Lipinski definition) is 2. The van der Waals surface area contributed by atoms with E-state index in [1.54, 1.807) is 0 Å². The second-order valence-electron chi connectivity index (χ2n) is 3.38. The first-order chi connectivity index (χ1) is 7.20. The Morgan fingerprint density at radius 2 is 2.00 bits per heavy atom. The number of carbonyl (C=O) groups is 1. The van der Waals surface area contributed by atoms with E-state index in [1.165, 1.54) is 5.56 Å². The number of primary amides is 1. The van der Waals surface area contributed by atoms with E-state index in [2.05, 4.69) is 29.7 Å². The average molecular weight is 207 g/mol. The molecule has 0 fully saturated rings. The molecule has 1 aromatic rings. The van der Waals surface area contributed by atoms with Crippen LogP contribution in [0.3, 0.4) is 0 Å². The molecular weight excluding hydrogens is 190 g/mol. The molecule has 0 saturated carbocycles. The standard InChI is InChI=1S/C11H17N3O/c1-9(10-5-3-2-4-6-10)13-7-8-14-11(12)15/h2-6,9,13H,7-8H2,1H3,(H3,12,14,15). The van der Waals surface area contributed by atoms with Crippen molar-refractivity contribution in [2.75, 3.05) is 13.1 Å². The average Bonchev–Trinajstić information content (AvgIpc) is 2.25. The molecule has 0 heterocycles. The van der Waals surface area contributed by atoms with Gasteiger partial charge in [-0.05, 0) is 12.5 Å². The van der Waals surface area contributed by atoms with Crippen LogP contribution in [0.1, 0.15) is 18.5 Å². The van der Waals surface area contributed by atoms with Gasteiger partial charge in [-0.15, -0.1) is 0 Å². The number of benzene rings is 1. The minimum atomic E-state index is -0.482. The minimum absolute atomic E-state index is 0.279. The lowest BCUT2D eigenvalue weighted by Crippen LogP contribution is -2.35. The second-order valence-corrected chi connectivity index (χ2v) is 3.38. The number of urea groups is 1. The number of nitrogens with one attached hydrogen (secondary N) is 2. The van der Waals surface area contributed by atoms with Crippen molar-refractivity contribution in [3.8, 4) is 0 Å². The quantitative estimate of drug-likeness (QED) is 0.631. The molecule has 0 radical (unpaired) electrons. The molecule has 1 unspecified atom stereocenters. The Balaban J connectivity index is 2.25. The van der Waals surface area contributed by atoms with Gasteiger partial charge in [0.05, 0.1) is 0 Å². The first-order valence-electron chi connectivity index (χ1n) is 5.02. The molecule has 15 heavy (non-hydrogen) atoms. The van der Waals surface area contributed by atoms with Gasteiger partial charge in [-0.2, -0.15) is 0 Å². The van der Waals surface area contributed by atoms with E-state index >= 15 is 0 Å². The summed E-state index contributed by atoms with van der Waals surface area (Å²) in [6, 6.07) is 9.94. The lowest BCUT2D eigenvalue weighted by molar-refractivity contribution is 0.249. The summed E-state index contributed by atoms with van der Waals surface area (Å²) in [7, 11) is 0. The maximum absolute atomic E-state index is 10.4. The lowest BCUT2D eigenvalue weighted by Gasteiger charge is -2.13. The van der Waals surface area contributed by atoms with Crippen LogP contribution in [0.4, 0.5) is 4.79 Å². The molecule has 0 aliphatic carbocycles. The van der Waals surface area contributed by atoms with Crippen LogP contribution in [-0.2, 0) is 0 Å². The van der Waals surface area contributed by atoms with Gasteiger partial charge in [0.2, 0.25) is 0 Å². The fourth-order valence-electron chi connectivity index (χ4n) is 1.33. The van der Waals surface area contributed by atoms with E-state index in [1.807, 2.05) is 18.2 Å². The molecular formula is C11H17N3O. The summed E-state index contributed by atoms with van der Waals surface area (Å²) >= 11 is 0. The van der Waals surface area contributed by atoms with Crippen LogP contribution in [0.5, 0.6) is 0 Å². The van der Waals surface area contributed by atoms with Gasteiger partial charge in [0, 0.05) is 19.1 Å². The van der Waals surface area contributed by atoms with E-state index in [0.717, 1.165) is 0 Å². The molecule has 4 heteroatoms. The van der Waals surface area contributed by atoms with Crippen LogP contribution in [0.25, 0.3) is 0 Å². The Bertz CT molecular complexity index is 300. The van der Waals surface area contributed by atoms with Crippen molar-refractivity contribution in [1.82, 2.24) is 10.6 Å². The molecule has 2 amide bonds. The summed E-state index contributed by atoms with van der Waals surface area (Å²) in [5.74, 6) is 0. The molecule has 1 rings (SSSR count). The first-order valence-corrected chi connectivity index (χ1v) is 5.02. The van der Waals surface area contributed by atoms with Gasteiger partial charge < -0.3 is 16.4 Å². The molecule has 1 atom stereocenters. The molecule has 4 nitrogen and oxygen atoms in total. The molecule has 0 aliphatic rings. The second kappa shape index (κ2) is 6.03. The number of hydrogen-bond donors (Lipinski definition) is 3. The maximum Gasteiger partial charge on any atom is 0.312 e. The lowest BCUT2D eigenvalue weighted by atomic mass is 10.1. The van der Waals surface area contributed by atoms with Crippen molar-refractivity contribution in [2.45, 2.75) is 13.0 Å². The number of nitrogens with two attached hydrogens (primary N) is 1. The number of amides is 2. The summed E-state index contributed by atoms with van der Waals surface area (Å²) in [6.45, 7) is 3.34. The van der Waals surface area contributed by atoms with Crippen LogP contribution < -0.4 is 16.4 Å². The summed E-state index contributed by atoms with van der Waals surface area (Å²) in [5.41, 5.74) is 6.18. The zero-order valence-corrected chi connectivity index (χ0v) is 8.86. The monoisotopic (exact) mass is 207 g/mol. The predicted molar refractivity (Wildman–Crippen MR) is 60.4 cm³/mol. The van der Waals surface area contributed by atoms with Gasteiger partial charge in [0.15, 0.2) is 0 Å². The highest BCUT2D eigenvalue weighted by atomic mass is 16.2. The third kappa shape index (κ3) is 4.46. The molecule has 0 aromatic heterocycles. The number of carbonyl (C=O) groups excluding carboxylic acids is 1. The van der Waals surface area contributed by atoms with Gasteiger partial charge in [-0.25, -0.2) is 4.79 Å². The molecule has 82 valence electrons. The Morgan fingerprint density at radius 1 is 1.33 bits per heavy atom.